The third-order valence-electron chi connectivity index (χ3n) is 3.25. The lowest BCUT2D eigenvalue weighted by Gasteiger charge is -2.15. The van der Waals surface area contributed by atoms with E-state index in [0.717, 1.165) is 5.56 Å². The molecule has 3 heteroatoms. The van der Waals surface area contributed by atoms with Gasteiger partial charge in [-0.3, -0.25) is 9.59 Å². The molecule has 0 bridgehead atoms. The fourth-order valence-corrected chi connectivity index (χ4v) is 2.24. The third kappa shape index (κ3) is 4.02. The quantitative estimate of drug-likeness (QED) is 0.600. The highest BCUT2D eigenvalue weighted by Crippen LogP contribution is 2.25. The van der Waals surface area contributed by atoms with Gasteiger partial charge in [0.2, 0.25) is 0 Å². The number of Topliss-reactive ketones (excluding diaryl/α,β-unsaturated/α-hetero) is 1. The highest BCUT2D eigenvalue weighted by molar-refractivity contribution is 6.02. The van der Waals surface area contributed by atoms with Gasteiger partial charge in [0.05, 0.1) is 18.9 Å². The van der Waals surface area contributed by atoms with Crippen molar-refractivity contribution in [1.29, 1.82) is 0 Å². The Hall–Kier alpha value is -2.42. The summed E-state index contributed by atoms with van der Waals surface area (Å²) in [4.78, 5) is 24.5. The molecule has 0 radical (unpaired) electrons. The van der Waals surface area contributed by atoms with Gasteiger partial charge in [-0.05, 0) is 12.5 Å². The Morgan fingerprint density at radius 1 is 0.952 bits per heavy atom. The highest BCUT2D eigenvalue weighted by atomic mass is 16.5. The molecule has 21 heavy (non-hydrogen) atoms. The molecule has 1 atom stereocenters. The lowest BCUT2D eigenvalue weighted by molar-refractivity contribution is -0.143. The molecule has 0 aliphatic rings. The minimum Gasteiger partial charge on any atom is -0.466 e. The highest BCUT2D eigenvalue weighted by Gasteiger charge is 2.25. The Morgan fingerprint density at radius 3 is 2.10 bits per heavy atom. The van der Waals surface area contributed by atoms with Crippen molar-refractivity contribution in [3.05, 3.63) is 71.8 Å². The lowest BCUT2D eigenvalue weighted by atomic mass is 9.88. The SMILES string of the molecule is CCOC(=O)CC(C(=O)c1ccccc1)c1ccccc1. The molecule has 0 saturated heterocycles. The van der Waals surface area contributed by atoms with Crippen LogP contribution in [0.15, 0.2) is 60.7 Å². The largest absolute Gasteiger partial charge is 0.466 e. The van der Waals surface area contributed by atoms with Crippen LogP contribution >= 0.6 is 0 Å². The molecule has 2 aromatic carbocycles. The molecule has 0 aromatic heterocycles. The average molecular weight is 282 g/mol. The first-order valence-electron chi connectivity index (χ1n) is 7.02. The molecule has 0 fully saturated rings. The van der Waals surface area contributed by atoms with Gasteiger partial charge in [-0.2, -0.15) is 0 Å². The summed E-state index contributed by atoms with van der Waals surface area (Å²) in [5, 5.41) is 0. The summed E-state index contributed by atoms with van der Waals surface area (Å²) in [5.74, 6) is -0.918. The fraction of sp³-hybridized carbons (Fsp3) is 0.222. The van der Waals surface area contributed by atoms with Crippen LogP contribution in [0.1, 0.15) is 35.2 Å². The van der Waals surface area contributed by atoms with Crippen LogP contribution < -0.4 is 0 Å². The predicted molar refractivity (Wildman–Crippen MR) is 81.2 cm³/mol. The second-order valence-corrected chi connectivity index (χ2v) is 4.70. The maximum absolute atomic E-state index is 12.7. The van der Waals surface area contributed by atoms with Crippen LogP contribution in [0.5, 0.6) is 0 Å². The zero-order valence-corrected chi connectivity index (χ0v) is 12.0. The summed E-state index contributed by atoms with van der Waals surface area (Å²) in [6.45, 7) is 2.08. The van der Waals surface area contributed by atoms with Gasteiger partial charge in [0.25, 0.3) is 0 Å². The molecule has 2 rings (SSSR count). The van der Waals surface area contributed by atoms with Crippen LogP contribution in [0, 0.1) is 0 Å². The number of esters is 1. The van der Waals surface area contributed by atoms with Crippen molar-refractivity contribution in [2.75, 3.05) is 6.61 Å². The van der Waals surface area contributed by atoms with Crippen molar-refractivity contribution in [3.8, 4) is 0 Å². The first kappa shape index (κ1) is 15.0. The van der Waals surface area contributed by atoms with Crippen LogP contribution in [0.4, 0.5) is 0 Å². The summed E-state index contributed by atoms with van der Waals surface area (Å²) < 4.78 is 4.99. The summed E-state index contributed by atoms with van der Waals surface area (Å²) in [5.41, 5.74) is 1.44. The minimum absolute atomic E-state index is 0.0603. The number of rotatable bonds is 6. The molecule has 2 aromatic rings. The van der Waals surface area contributed by atoms with E-state index in [1.807, 2.05) is 48.5 Å². The molecule has 0 spiro atoms. The number of ketones is 1. The van der Waals surface area contributed by atoms with Crippen LogP contribution in [-0.4, -0.2) is 18.4 Å². The van der Waals surface area contributed by atoms with E-state index in [-0.39, 0.29) is 18.2 Å². The number of benzene rings is 2. The molecular formula is C18H18O3. The van der Waals surface area contributed by atoms with Gasteiger partial charge in [0.15, 0.2) is 5.78 Å². The van der Waals surface area contributed by atoms with Crippen molar-refractivity contribution in [2.24, 2.45) is 0 Å². The van der Waals surface area contributed by atoms with Gasteiger partial charge in [-0.1, -0.05) is 60.7 Å². The van der Waals surface area contributed by atoms with E-state index in [4.69, 9.17) is 4.74 Å². The zero-order chi connectivity index (χ0) is 15.1. The van der Waals surface area contributed by atoms with Crippen LogP contribution in [0.2, 0.25) is 0 Å². The van der Waals surface area contributed by atoms with Crippen molar-refractivity contribution in [1.82, 2.24) is 0 Å². The standard InChI is InChI=1S/C18H18O3/c1-2-21-17(19)13-16(14-9-5-3-6-10-14)18(20)15-11-7-4-8-12-15/h3-12,16H,2,13H2,1H3. The van der Waals surface area contributed by atoms with Crippen LogP contribution in [0.3, 0.4) is 0 Å². The molecular weight excluding hydrogens is 264 g/mol. The molecule has 1 unspecified atom stereocenters. The lowest BCUT2D eigenvalue weighted by Crippen LogP contribution is -2.18. The topological polar surface area (TPSA) is 43.4 Å². The van der Waals surface area contributed by atoms with Gasteiger partial charge in [-0.25, -0.2) is 0 Å². The van der Waals surface area contributed by atoms with Gasteiger partial charge >= 0.3 is 5.97 Å². The van der Waals surface area contributed by atoms with E-state index in [2.05, 4.69) is 0 Å². The van der Waals surface area contributed by atoms with Gasteiger partial charge in [0.1, 0.15) is 0 Å². The normalized spacial score (nSPS) is 11.7. The maximum atomic E-state index is 12.7. The van der Waals surface area contributed by atoms with Crippen LogP contribution in [0.25, 0.3) is 0 Å². The molecule has 0 saturated carbocycles. The summed E-state index contributed by atoms with van der Waals surface area (Å²) in [6, 6.07) is 18.4. The van der Waals surface area contributed by atoms with Crippen molar-refractivity contribution >= 4 is 11.8 Å². The van der Waals surface area contributed by atoms with E-state index in [1.54, 1.807) is 19.1 Å². The number of hydrogen-bond acceptors (Lipinski definition) is 3. The average Bonchev–Trinajstić information content (AvgIpc) is 2.54. The first-order chi connectivity index (χ1) is 10.2. The molecule has 0 aliphatic heterocycles. The summed E-state index contributed by atoms with van der Waals surface area (Å²) >= 11 is 0. The van der Waals surface area contributed by atoms with Crippen molar-refractivity contribution in [3.63, 3.8) is 0 Å². The second kappa shape index (κ2) is 7.39. The number of carbonyl (C=O) groups excluding carboxylic acids is 2. The van der Waals surface area contributed by atoms with E-state index in [9.17, 15) is 9.59 Å². The summed E-state index contributed by atoms with van der Waals surface area (Å²) in [7, 11) is 0. The Kier molecular flexibility index (Phi) is 5.27. The molecule has 0 N–H and O–H groups in total. The van der Waals surface area contributed by atoms with E-state index in [0.29, 0.717) is 12.2 Å². The first-order valence-corrected chi connectivity index (χ1v) is 7.02. The number of hydrogen-bond donors (Lipinski definition) is 0. The monoisotopic (exact) mass is 282 g/mol. The smallest absolute Gasteiger partial charge is 0.306 e. The Balaban J connectivity index is 2.28. The van der Waals surface area contributed by atoms with Crippen LogP contribution in [-0.2, 0) is 9.53 Å². The predicted octanol–water partition coefficient (Wildman–Crippen LogP) is 3.61. The minimum atomic E-state index is -0.507. The Bertz CT molecular complexity index is 590. The molecule has 0 aliphatic carbocycles. The fourth-order valence-electron chi connectivity index (χ4n) is 2.24. The van der Waals surface area contributed by atoms with Gasteiger partial charge in [-0.15, -0.1) is 0 Å². The third-order valence-corrected chi connectivity index (χ3v) is 3.25. The second-order valence-electron chi connectivity index (χ2n) is 4.70. The Labute approximate surface area is 124 Å². The van der Waals surface area contributed by atoms with E-state index in [1.165, 1.54) is 0 Å². The molecule has 0 heterocycles. The van der Waals surface area contributed by atoms with Crippen molar-refractivity contribution < 1.29 is 14.3 Å². The van der Waals surface area contributed by atoms with Gasteiger partial charge < -0.3 is 4.74 Å². The molecule has 108 valence electrons. The number of ether oxygens (including phenoxy) is 1. The van der Waals surface area contributed by atoms with Crippen molar-refractivity contribution in [2.45, 2.75) is 19.3 Å². The Morgan fingerprint density at radius 2 is 1.52 bits per heavy atom. The van der Waals surface area contributed by atoms with E-state index >= 15 is 0 Å². The zero-order valence-electron chi connectivity index (χ0n) is 12.0. The number of carbonyl (C=O) groups is 2. The molecule has 3 nitrogen and oxygen atoms in total. The van der Waals surface area contributed by atoms with Gasteiger partial charge in [0, 0.05) is 5.56 Å². The maximum Gasteiger partial charge on any atom is 0.306 e. The molecule has 0 amide bonds. The summed E-state index contributed by atoms with van der Waals surface area (Å²) in [6.07, 6.45) is 0.0611. The van der Waals surface area contributed by atoms with E-state index < -0.39 is 5.92 Å².